The van der Waals surface area contributed by atoms with Crippen LogP contribution >= 0.6 is 23.2 Å². The Morgan fingerprint density at radius 1 is 1.42 bits per heavy atom. The van der Waals surface area contributed by atoms with E-state index in [0.29, 0.717) is 0 Å². The largest absolute Gasteiger partial charge is 0.479 e. The fraction of sp³-hybridized carbons (Fsp3) is 0.400. The highest BCUT2D eigenvalue weighted by atomic mass is 35.5. The highest BCUT2D eigenvalue weighted by Gasteiger charge is 2.44. The SMILES string of the molecule is O=C(NC1(C(=O)O)CCOC1)c1cc(Cl)nnc1Cl. The summed E-state index contributed by atoms with van der Waals surface area (Å²) in [6, 6.07) is 1.22. The van der Waals surface area contributed by atoms with Crippen LogP contribution in [0.5, 0.6) is 0 Å². The molecule has 0 spiro atoms. The summed E-state index contributed by atoms with van der Waals surface area (Å²) in [4.78, 5) is 23.3. The van der Waals surface area contributed by atoms with E-state index < -0.39 is 17.4 Å². The van der Waals surface area contributed by atoms with Gasteiger partial charge in [-0.2, -0.15) is 0 Å². The Morgan fingerprint density at radius 2 is 2.16 bits per heavy atom. The number of ether oxygens (including phenoxy) is 1. The number of rotatable bonds is 3. The minimum Gasteiger partial charge on any atom is -0.479 e. The van der Waals surface area contributed by atoms with E-state index in [1.165, 1.54) is 6.07 Å². The van der Waals surface area contributed by atoms with Gasteiger partial charge in [0.15, 0.2) is 15.8 Å². The monoisotopic (exact) mass is 305 g/mol. The first-order chi connectivity index (χ1) is 8.94. The maximum absolute atomic E-state index is 12.0. The highest BCUT2D eigenvalue weighted by molar-refractivity contribution is 6.34. The van der Waals surface area contributed by atoms with E-state index in [2.05, 4.69) is 15.5 Å². The number of carbonyl (C=O) groups excluding carboxylic acids is 1. The molecule has 0 aromatic carbocycles. The van der Waals surface area contributed by atoms with E-state index >= 15 is 0 Å². The van der Waals surface area contributed by atoms with E-state index in [4.69, 9.17) is 27.9 Å². The van der Waals surface area contributed by atoms with E-state index in [1.807, 2.05) is 0 Å². The van der Waals surface area contributed by atoms with Gasteiger partial charge in [-0.25, -0.2) is 4.79 Å². The molecule has 1 fully saturated rings. The van der Waals surface area contributed by atoms with Crippen molar-refractivity contribution in [1.82, 2.24) is 15.5 Å². The van der Waals surface area contributed by atoms with Crippen molar-refractivity contribution in [2.24, 2.45) is 0 Å². The minimum atomic E-state index is -1.45. The van der Waals surface area contributed by atoms with Gasteiger partial charge < -0.3 is 15.2 Å². The maximum atomic E-state index is 12.0. The fourth-order valence-electron chi connectivity index (χ4n) is 1.68. The van der Waals surface area contributed by atoms with Gasteiger partial charge in [0, 0.05) is 13.0 Å². The van der Waals surface area contributed by atoms with E-state index in [9.17, 15) is 14.7 Å². The zero-order valence-corrected chi connectivity index (χ0v) is 11.0. The first-order valence-corrected chi connectivity index (χ1v) is 6.02. The molecule has 102 valence electrons. The van der Waals surface area contributed by atoms with Crippen LogP contribution in [0.4, 0.5) is 0 Å². The minimum absolute atomic E-state index is 0.0124. The molecule has 2 rings (SSSR count). The summed E-state index contributed by atoms with van der Waals surface area (Å²) in [6.07, 6.45) is 0.179. The Morgan fingerprint density at radius 3 is 2.74 bits per heavy atom. The third-order valence-electron chi connectivity index (χ3n) is 2.75. The number of aromatic nitrogens is 2. The molecule has 0 saturated carbocycles. The lowest BCUT2D eigenvalue weighted by atomic mass is 9.98. The molecule has 0 radical (unpaired) electrons. The predicted molar refractivity (Wildman–Crippen MR) is 65.3 cm³/mol. The number of carboxylic acids is 1. The molecule has 9 heteroatoms. The summed E-state index contributed by atoms with van der Waals surface area (Å²) in [6.45, 7) is 0.160. The Hall–Kier alpha value is -1.44. The molecule has 2 heterocycles. The molecule has 1 aliphatic heterocycles. The molecule has 1 amide bonds. The van der Waals surface area contributed by atoms with Crippen LogP contribution < -0.4 is 5.32 Å². The average Bonchev–Trinajstić information content (AvgIpc) is 2.82. The third kappa shape index (κ3) is 2.78. The van der Waals surface area contributed by atoms with Crippen LogP contribution in [0, 0.1) is 0 Å². The second kappa shape index (κ2) is 5.28. The lowest BCUT2D eigenvalue weighted by molar-refractivity contribution is -0.144. The molecule has 19 heavy (non-hydrogen) atoms. The average molecular weight is 306 g/mol. The van der Waals surface area contributed by atoms with Gasteiger partial charge in [-0.3, -0.25) is 4.79 Å². The Labute approximate surface area is 117 Å². The Balaban J connectivity index is 2.25. The molecule has 1 aromatic rings. The van der Waals surface area contributed by atoms with Crippen LogP contribution in [0.15, 0.2) is 6.07 Å². The first-order valence-electron chi connectivity index (χ1n) is 5.27. The highest BCUT2D eigenvalue weighted by Crippen LogP contribution is 2.21. The summed E-state index contributed by atoms with van der Waals surface area (Å²) in [5, 5.41) is 18.4. The second-order valence-electron chi connectivity index (χ2n) is 4.02. The first kappa shape index (κ1) is 14.0. The fourth-order valence-corrected chi connectivity index (χ4v) is 2.01. The zero-order valence-electron chi connectivity index (χ0n) is 9.52. The van der Waals surface area contributed by atoms with Crippen molar-refractivity contribution in [3.05, 3.63) is 21.9 Å². The topological polar surface area (TPSA) is 101 Å². The number of hydrogen-bond donors (Lipinski definition) is 2. The van der Waals surface area contributed by atoms with Crippen molar-refractivity contribution in [2.75, 3.05) is 13.2 Å². The van der Waals surface area contributed by atoms with E-state index in [0.717, 1.165) is 0 Å². The number of carbonyl (C=O) groups is 2. The summed E-state index contributed by atoms with van der Waals surface area (Å²) in [5.74, 6) is -1.85. The quantitative estimate of drug-likeness (QED) is 0.855. The van der Waals surface area contributed by atoms with Crippen molar-refractivity contribution in [3.8, 4) is 0 Å². The summed E-state index contributed by atoms with van der Waals surface area (Å²) in [7, 11) is 0. The van der Waals surface area contributed by atoms with Crippen molar-refractivity contribution < 1.29 is 19.4 Å². The van der Waals surface area contributed by atoms with Gasteiger partial charge in [0.1, 0.15) is 0 Å². The molecule has 1 atom stereocenters. The molecule has 1 unspecified atom stereocenters. The molecule has 0 bridgehead atoms. The molecule has 1 aromatic heterocycles. The molecule has 1 saturated heterocycles. The number of nitrogens with zero attached hydrogens (tertiary/aromatic N) is 2. The molecular formula is C10H9Cl2N3O4. The van der Waals surface area contributed by atoms with Crippen molar-refractivity contribution in [1.29, 1.82) is 0 Å². The number of nitrogens with one attached hydrogen (secondary N) is 1. The Bertz CT molecular complexity index is 532. The number of amides is 1. The van der Waals surface area contributed by atoms with Crippen LogP contribution in [-0.2, 0) is 9.53 Å². The number of carboxylic acid groups (broad SMARTS) is 1. The van der Waals surface area contributed by atoms with Crippen molar-refractivity contribution in [3.63, 3.8) is 0 Å². The standard InChI is InChI=1S/C10H9Cl2N3O4/c11-6-3-5(7(12)15-14-6)8(16)13-10(9(17)18)1-2-19-4-10/h3H,1-2,4H2,(H,13,16)(H,17,18). The van der Waals surface area contributed by atoms with Gasteiger partial charge in [-0.15, -0.1) is 10.2 Å². The van der Waals surface area contributed by atoms with Gasteiger partial charge in [0.05, 0.1) is 12.2 Å². The van der Waals surface area contributed by atoms with Gasteiger partial charge in [-0.05, 0) is 6.07 Å². The summed E-state index contributed by atoms with van der Waals surface area (Å²) >= 11 is 11.4. The van der Waals surface area contributed by atoms with Gasteiger partial charge in [0.25, 0.3) is 5.91 Å². The van der Waals surface area contributed by atoms with Gasteiger partial charge in [-0.1, -0.05) is 23.2 Å². The maximum Gasteiger partial charge on any atom is 0.331 e. The predicted octanol–water partition coefficient (Wildman–Crippen LogP) is 0.757. The number of aliphatic carboxylic acids is 1. The zero-order chi connectivity index (χ0) is 14.0. The van der Waals surface area contributed by atoms with Crippen LogP contribution in [-0.4, -0.2) is 45.9 Å². The van der Waals surface area contributed by atoms with Crippen molar-refractivity contribution >= 4 is 35.1 Å². The summed E-state index contributed by atoms with van der Waals surface area (Å²) in [5.41, 5.74) is -1.48. The molecule has 7 nitrogen and oxygen atoms in total. The van der Waals surface area contributed by atoms with Crippen LogP contribution in [0.1, 0.15) is 16.8 Å². The Kier molecular flexibility index (Phi) is 3.88. The molecular weight excluding hydrogens is 297 g/mol. The third-order valence-corrected chi connectivity index (χ3v) is 3.21. The van der Waals surface area contributed by atoms with E-state index in [1.54, 1.807) is 0 Å². The lowest BCUT2D eigenvalue weighted by Crippen LogP contribution is -2.55. The summed E-state index contributed by atoms with van der Waals surface area (Å²) < 4.78 is 5.03. The van der Waals surface area contributed by atoms with Crippen LogP contribution in [0.3, 0.4) is 0 Å². The molecule has 1 aliphatic rings. The normalized spacial score (nSPS) is 22.2. The van der Waals surface area contributed by atoms with Gasteiger partial charge >= 0.3 is 5.97 Å². The lowest BCUT2D eigenvalue weighted by Gasteiger charge is -2.23. The smallest absolute Gasteiger partial charge is 0.331 e. The van der Waals surface area contributed by atoms with Crippen LogP contribution in [0.25, 0.3) is 0 Å². The second-order valence-corrected chi connectivity index (χ2v) is 4.76. The van der Waals surface area contributed by atoms with Crippen molar-refractivity contribution in [2.45, 2.75) is 12.0 Å². The molecule has 0 aliphatic carbocycles. The molecule has 2 N–H and O–H groups in total. The number of hydrogen-bond acceptors (Lipinski definition) is 5. The van der Waals surface area contributed by atoms with Gasteiger partial charge in [0.2, 0.25) is 0 Å². The van der Waals surface area contributed by atoms with Crippen LogP contribution in [0.2, 0.25) is 10.3 Å². The van der Waals surface area contributed by atoms with E-state index in [-0.39, 0.29) is 35.5 Å². The number of halogens is 2.